The van der Waals surface area contributed by atoms with Crippen LogP contribution in [0.25, 0.3) is 0 Å². The maximum atomic E-state index is 5.26. The summed E-state index contributed by atoms with van der Waals surface area (Å²) in [5, 5.41) is 0. The summed E-state index contributed by atoms with van der Waals surface area (Å²) >= 11 is 0.165. The fraction of sp³-hybridized carbons (Fsp3) is 0.375. The Morgan fingerprint density at radius 1 is 1.55 bits per heavy atom. The lowest BCUT2D eigenvalue weighted by Crippen LogP contribution is -1.98. The van der Waals surface area contributed by atoms with Gasteiger partial charge in [0.05, 0.1) is 0 Å². The molecule has 1 aliphatic rings. The molecule has 0 fully saturated rings. The first-order chi connectivity index (χ1) is 5.43. The summed E-state index contributed by atoms with van der Waals surface area (Å²) in [5.74, 6) is 0.907. The van der Waals surface area contributed by atoms with Crippen molar-refractivity contribution >= 4 is 24.7 Å². The summed E-state index contributed by atoms with van der Waals surface area (Å²) in [6, 6.07) is 0. The third kappa shape index (κ3) is 3.67. The maximum Gasteiger partial charge on any atom is 0.189 e. The summed E-state index contributed by atoms with van der Waals surface area (Å²) in [5.41, 5.74) is 0. The molecule has 0 bridgehead atoms. The van der Waals surface area contributed by atoms with Gasteiger partial charge in [-0.3, -0.25) is 0 Å². The van der Waals surface area contributed by atoms with E-state index in [0.717, 1.165) is 5.76 Å². The molecule has 0 saturated carbocycles. The Balaban J connectivity index is 2.21. The van der Waals surface area contributed by atoms with Crippen LogP contribution in [0.3, 0.4) is 0 Å². The molecular formula is C8H11IO2. The third-order valence-corrected chi connectivity index (χ3v) is 2.66. The molecule has 1 aliphatic heterocycles. The van der Waals surface area contributed by atoms with E-state index >= 15 is 0 Å². The first-order valence-electron chi connectivity index (χ1n) is 3.46. The van der Waals surface area contributed by atoms with Crippen molar-refractivity contribution in [3.63, 3.8) is 0 Å². The van der Waals surface area contributed by atoms with Crippen molar-refractivity contribution in [1.29, 1.82) is 0 Å². The minimum absolute atomic E-state index is 0.165. The second-order valence-electron chi connectivity index (χ2n) is 1.87. The molecule has 62 valence electrons. The van der Waals surface area contributed by atoms with E-state index in [1.807, 2.05) is 19.1 Å². The van der Waals surface area contributed by atoms with Gasteiger partial charge in [0.15, 0.2) is 6.79 Å². The number of hydrogen-bond donors (Lipinski definition) is 0. The van der Waals surface area contributed by atoms with Crippen molar-refractivity contribution in [3.05, 3.63) is 22.0 Å². The average molecular weight is 266 g/mol. The largest absolute Gasteiger partial charge is 0.468 e. The highest BCUT2D eigenvalue weighted by molar-refractivity contribution is 14.2. The Kier molecular flexibility index (Phi) is 4.45. The number of rotatable bonds is 4. The summed E-state index contributed by atoms with van der Waals surface area (Å²) in [7, 11) is 0. The Morgan fingerprint density at radius 3 is 3.09 bits per heavy atom. The molecule has 0 aromatic heterocycles. The van der Waals surface area contributed by atoms with Crippen molar-refractivity contribution in [1.82, 2.24) is 0 Å². The highest BCUT2D eigenvalue weighted by Crippen LogP contribution is 2.10. The second-order valence-corrected chi connectivity index (χ2v) is 4.03. The molecule has 0 radical (unpaired) electrons. The fourth-order valence-electron chi connectivity index (χ4n) is 0.584. The van der Waals surface area contributed by atoms with Gasteiger partial charge in [0.1, 0.15) is 5.76 Å². The van der Waals surface area contributed by atoms with Crippen molar-refractivity contribution in [2.45, 2.75) is 6.92 Å². The molecule has 2 nitrogen and oxygen atoms in total. The molecule has 0 atom stereocenters. The molecule has 1 rings (SSSR count). The van der Waals surface area contributed by atoms with Gasteiger partial charge >= 0.3 is 0 Å². The van der Waals surface area contributed by atoms with Crippen LogP contribution in [0.1, 0.15) is 6.92 Å². The first-order valence-corrected chi connectivity index (χ1v) is 5.95. The zero-order valence-corrected chi connectivity index (χ0v) is 8.58. The van der Waals surface area contributed by atoms with Crippen LogP contribution in [-0.4, -0.2) is 17.4 Å². The summed E-state index contributed by atoms with van der Waals surface area (Å²) in [6.45, 7) is 3.01. The second kappa shape index (κ2) is 5.49. The van der Waals surface area contributed by atoms with E-state index in [-0.39, 0.29) is 20.7 Å². The highest BCUT2D eigenvalue weighted by Gasteiger charge is 1.92. The number of halogens is 1. The Bertz CT molecular complexity index is 194. The monoisotopic (exact) mass is 266 g/mol. The van der Waals surface area contributed by atoms with E-state index in [4.69, 9.17) is 9.47 Å². The maximum absolute atomic E-state index is 5.26. The summed E-state index contributed by atoms with van der Waals surface area (Å²) in [6.07, 6.45) is 4.01. The van der Waals surface area contributed by atoms with Crippen molar-refractivity contribution in [2.24, 2.45) is 0 Å². The minimum atomic E-state index is 0.165. The molecule has 0 saturated heterocycles. The van der Waals surface area contributed by atoms with Gasteiger partial charge in [0, 0.05) is 6.61 Å². The zero-order valence-electron chi connectivity index (χ0n) is 6.42. The predicted octanol–water partition coefficient (Wildman–Crippen LogP) is 2.18. The van der Waals surface area contributed by atoms with Crippen LogP contribution in [0.5, 0.6) is 0 Å². The Morgan fingerprint density at radius 2 is 2.45 bits per heavy atom. The average Bonchev–Trinajstić information content (AvgIpc) is 2.07. The van der Waals surface area contributed by atoms with Gasteiger partial charge in [-0.1, -0.05) is 20.7 Å². The third-order valence-electron chi connectivity index (χ3n) is 1.11. The quantitative estimate of drug-likeness (QED) is 0.441. The predicted molar refractivity (Wildman–Crippen MR) is 54.9 cm³/mol. The van der Waals surface area contributed by atoms with Crippen LogP contribution in [0.4, 0.5) is 0 Å². The van der Waals surface area contributed by atoms with E-state index in [9.17, 15) is 0 Å². The van der Waals surface area contributed by atoms with Gasteiger partial charge in [0.25, 0.3) is 0 Å². The van der Waals surface area contributed by atoms with Crippen LogP contribution in [0, 0.1) is 0 Å². The molecule has 0 amide bonds. The normalized spacial score (nSPS) is 15.5. The Hall–Kier alpha value is -0.160. The van der Waals surface area contributed by atoms with Gasteiger partial charge in [-0.05, 0) is 27.2 Å². The molecule has 0 spiro atoms. The van der Waals surface area contributed by atoms with Gasteiger partial charge in [-0.25, -0.2) is 0 Å². The van der Waals surface area contributed by atoms with E-state index in [1.54, 1.807) is 0 Å². The molecule has 0 aromatic rings. The van der Waals surface area contributed by atoms with Gasteiger partial charge in [0.2, 0.25) is 0 Å². The standard InChI is InChI=1S/C8H11IO2/c1-2-10-7-11-8-3-5-9-6-4-8/h3-6H,2,7H2,1H3. The van der Waals surface area contributed by atoms with E-state index in [0.29, 0.717) is 13.4 Å². The van der Waals surface area contributed by atoms with Crippen LogP contribution in [0.2, 0.25) is 0 Å². The van der Waals surface area contributed by atoms with Crippen molar-refractivity contribution < 1.29 is 9.47 Å². The van der Waals surface area contributed by atoms with E-state index in [1.165, 1.54) is 0 Å². The summed E-state index contributed by atoms with van der Waals surface area (Å²) < 4.78 is 14.6. The highest BCUT2D eigenvalue weighted by atomic mass is 127. The number of hydrogen-bond acceptors (Lipinski definition) is 2. The molecule has 0 N–H and O–H groups in total. The zero-order chi connectivity index (χ0) is 7.94. The molecule has 0 aromatic carbocycles. The summed E-state index contributed by atoms with van der Waals surface area (Å²) in [4.78, 5) is 0. The van der Waals surface area contributed by atoms with Gasteiger partial charge < -0.3 is 9.47 Å². The lowest BCUT2D eigenvalue weighted by molar-refractivity contribution is -0.0134. The number of allylic oxidation sites excluding steroid dienone is 2. The lowest BCUT2D eigenvalue weighted by Gasteiger charge is -2.06. The van der Waals surface area contributed by atoms with Crippen molar-refractivity contribution in [3.8, 4) is 0 Å². The smallest absolute Gasteiger partial charge is 0.189 e. The molecule has 0 unspecified atom stereocenters. The fourth-order valence-corrected chi connectivity index (χ4v) is 1.95. The van der Waals surface area contributed by atoms with Crippen molar-refractivity contribution in [2.75, 3.05) is 13.4 Å². The molecule has 0 aliphatic carbocycles. The van der Waals surface area contributed by atoms with Crippen LogP contribution in [-0.2, 0) is 9.47 Å². The topological polar surface area (TPSA) is 18.5 Å². The van der Waals surface area contributed by atoms with E-state index in [2.05, 4.69) is 8.09 Å². The minimum Gasteiger partial charge on any atom is -0.468 e. The van der Waals surface area contributed by atoms with Gasteiger partial charge in [-0.15, -0.1) is 0 Å². The van der Waals surface area contributed by atoms with E-state index < -0.39 is 0 Å². The van der Waals surface area contributed by atoms with Crippen LogP contribution >= 0.6 is 20.7 Å². The SMILES string of the molecule is CCOCOC1=CC=IC=C1. The number of ether oxygens (including phenoxy) is 2. The lowest BCUT2D eigenvalue weighted by atomic mass is 10.5. The van der Waals surface area contributed by atoms with Crippen LogP contribution < -0.4 is 0 Å². The molecule has 11 heavy (non-hydrogen) atoms. The Labute approximate surface area is 76.6 Å². The first kappa shape index (κ1) is 8.93. The van der Waals surface area contributed by atoms with Gasteiger partial charge in [-0.2, -0.15) is 0 Å². The van der Waals surface area contributed by atoms with Crippen LogP contribution in [0.15, 0.2) is 22.0 Å². The molecular weight excluding hydrogens is 255 g/mol. The molecule has 1 heterocycles. The molecule has 3 heteroatoms.